The van der Waals surface area contributed by atoms with Crippen LogP contribution in [-0.2, 0) is 21.4 Å². The second-order valence-electron chi connectivity index (χ2n) is 7.84. The molecule has 0 aromatic carbocycles. The predicted octanol–water partition coefficient (Wildman–Crippen LogP) is 1.78. The van der Waals surface area contributed by atoms with Crippen molar-refractivity contribution in [2.45, 2.75) is 29.9 Å². The molecule has 4 rings (SSSR count). The Bertz CT molecular complexity index is 886. The second-order valence-corrected chi connectivity index (χ2v) is 9.78. The van der Waals surface area contributed by atoms with E-state index >= 15 is 0 Å². The summed E-state index contributed by atoms with van der Waals surface area (Å²) in [5.41, 5.74) is 0.984. The number of pyridine rings is 2. The van der Waals surface area contributed by atoms with Crippen LogP contribution in [-0.4, -0.2) is 66.4 Å². The van der Waals surface area contributed by atoms with Gasteiger partial charge in [-0.3, -0.25) is 14.9 Å². The number of ether oxygens (including phenoxy) is 1. The minimum absolute atomic E-state index is 0.0874. The average molecular weight is 403 g/mol. The van der Waals surface area contributed by atoms with Gasteiger partial charge in [-0.15, -0.1) is 0 Å². The van der Waals surface area contributed by atoms with Gasteiger partial charge in [0.1, 0.15) is 4.90 Å². The van der Waals surface area contributed by atoms with Gasteiger partial charge < -0.3 is 4.74 Å². The van der Waals surface area contributed by atoms with Crippen LogP contribution in [0.5, 0.6) is 0 Å². The van der Waals surface area contributed by atoms with E-state index in [1.54, 1.807) is 28.8 Å². The lowest BCUT2D eigenvalue weighted by molar-refractivity contribution is -0.0600. The monoisotopic (exact) mass is 402 g/mol. The summed E-state index contributed by atoms with van der Waals surface area (Å²) in [6.45, 7) is 3.27. The van der Waals surface area contributed by atoms with Gasteiger partial charge in [0, 0.05) is 50.0 Å². The van der Waals surface area contributed by atoms with Gasteiger partial charge in [-0.25, -0.2) is 8.42 Å². The molecule has 0 radical (unpaired) electrons. The minimum atomic E-state index is -3.47. The summed E-state index contributed by atoms with van der Waals surface area (Å²) < 4.78 is 33.1. The van der Waals surface area contributed by atoms with E-state index in [0.717, 1.165) is 24.9 Å². The maximum Gasteiger partial charge on any atom is 0.244 e. The first kappa shape index (κ1) is 19.4. The maximum atomic E-state index is 12.8. The van der Waals surface area contributed by atoms with E-state index in [2.05, 4.69) is 21.9 Å². The molecule has 8 heteroatoms. The fourth-order valence-electron chi connectivity index (χ4n) is 4.18. The molecule has 1 unspecified atom stereocenters. The van der Waals surface area contributed by atoms with Gasteiger partial charge >= 0.3 is 0 Å². The largest absolute Gasteiger partial charge is 0.376 e. The number of sulfonamides is 1. The second kappa shape index (κ2) is 7.87. The van der Waals surface area contributed by atoms with Crippen LogP contribution in [0.3, 0.4) is 0 Å². The van der Waals surface area contributed by atoms with Crippen molar-refractivity contribution in [2.75, 3.05) is 33.3 Å². The van der Waals surface area contributed by atoms with Crippen molar-refractivity contribution in [2.24, 2.45) is 5.92 Å². The summed E-state index contributed by atoms with van der Waals surface area (Å²) in [6, 6.07) is 7.18. The first-order chi connectivity index (χ1) is 13.5. The quantitative estimate of drug-likeness (QED) is 0.733. The minimum Gasteiger partial charge on any atom is -0.376 e. The van der Waals surface area contributed by atoms with Gasteiger partial charge in [0.2, 0.25) is 10.0 Å². The standard InChI is InChI=1S/C20H26N4O3S/c1-23-9-6-17(13-27-14-18-4-2-7-21-11-18)10-20(23)15-24(16-20)28(25,26)19-5-3-8-22-12-19/h2-5,7-8,11-12,17H,6,9-10,13-16H2,1H3. The van der Waals surface area contributed by atoms with Crippen LogP contribution < -0.4 is 0 Å². The average Bonchev–Trinajstić information content (AvgIpc) is 2.69. The molecule has 0 saturated carbocycles. The molecule has 4 heterocycles. The van der Waals surface area contributed by atoms with Crippen molar-refractivity contribution >= 4 is 10.0 Å². The first-order valence-corrected chi connectivity index (χ1v) is 11.0. The molecule has 0 aliphatic carbocycles. The predicted molar refractivity (Wildman–Crippen MR) is 105 cm³/mol. The molecule has 7 nitrogen and oxygen atoms in total. The SMILES string of the molecule is CN1CCC(COCc2cccnc2)CC12CN(S(=O)(=O)c1cccnc1)C2. The molecule has 28 heavy (non-hydrogen) atoms. The molecule has 2 aliphatic rings. The Labute approximate surface area is 166 Å². The van der Waals surface area contributed by atoms with E-state index in [-0.39, 0.29) is 10.4 Å². The number of rotatable bonds is 6. The van der Waals surface area contributed by atoms with Crippen LogP contribution in [0.15, 0.2) is 53.9 Å². The van der Waals surface area contributed by atoms with Crippen molar-refractivity contribution in [1.82, 2.24) is 19.2 Å². The van der Waals surface area contributed by atoms with Crippen molar-refractivity contribution < 1.29 is 13.2 Å². The topological polar surface area (TPSA) is 75.6 Å². The molecular weight excluding hydrogens is 376 g/mol. The number of aromatic nitrogens is 2. The Morgan fingerprint density at radius 3 is 2.61 bits per heavy atom. The lowest BCUT2D eigenvalue weighted by Gasteiger charge is -2.57. The number of piperidine rings is 1. The number of hydrogen-bond acceptors (Lipinski definition) is 6. The molecule has 2 aliphatic heterocycles. The Morgan fingerprint density at radius 2 is 1.93 bits per heavy atom. The summed E-state index contributed by atoms with van der Waals surface area (Å²) in [5.74, 6) is 0.441. The third kappa shape index (κ3) is 3.82. The summed E-state index contributed by atoms with van der Waals surface area (Å²) in [6.07, 6.45) is 8.60. The first-order valence-electron chi connectivity index (χ1n) is 9.58. The molecule has 1 atom stereocenters. The Morgan fingerprint density at radius 1 is 1.18 bits per heavy atom. The third-order valence-electron chi connectivity index (χ3n) is 5.91. The molecule has 2 aromatic heterocycles. The van der Waals surface area contributed by atoms with Crippen molar-refractivity contribution in [3.05, 3.63) is 54.6 Å². The third-order valence-corrected chi connectivity index (χ3v) is 7.68. The summed E-state index contributed by atoms with van der Waals surface area (Å²) in [4.78, 5) is 10.6. The van der Waals surface area contributed by atoms with Gasteiger partial charge in [0.05, 0.1) is 6.61 Å². The van der Waals surface area contributed by atoms with Gasteiger partial charge in [0.15, 0.2) is 0 Å². The molecular formula is C20H26N4O3S. The highest BCUT2D eigenvalue weighted by Crippen LogP contribution is 2.40. The highest BCUT2D eigenvalue weighted by molar-refractivity contribution is 7.89. The molecule has 1 spiro atoms. The molecule has 0 amide bonds. The van der Waals surface area contributed by atoms with E-state index in [4.69, 9.17) is 4.74 Å². The van der Waals surface area contributed by atoms with Crippen LogP contribution in [0.4, 0.5) is 0 Å². The molecule has 2 aromatic rings. The van der Waals surface area contributed by atoms with Gasteiger partial charge in [-0.05, 0) is 56.1 Å². The maximum absolute atomic E-state index is 12.8. The van der Waals surface area contributed by atoms with E-state index in [1.165, 1.54) is 6.20 Å². The lowest BCUT2D eigenvalue weighted by Crippen LogP contribution is -2.72. The fraction of sp³-hybridized carbons (Fsp3) is 0.500. The number of nitrogens with zero attached hydrogens (tertiary/aromatic N) is 4. The van der Waals surface area contributed by atoms with Crippen molar-refractivity contribution in [1.29, 1.82) is 0 Å². The van der Waals surface area contributed by atoms with E-state index < -0.39 is 10.0 Å². The van der Waals surface area contributed by atoms with E-state index in [0.29, 0.717) is 32.2 Å². The van der Waals surface area contributed by atoms with E-state index in [1.807, 2.05) is 18.3 Å². The van der Waals surface area contributed by atoms with Gasteiger partial charge in [-0.2, -0.15) is 4.31 Å². The summed E-state index contributed by atoms with van der Waals surface area (Å²) in [7, 11) is -1.37. The number of likely N-dealkylation sites (tertiary alicyclic amines) is 1. The zero-order valence-electron chi connectivity index (χ0n) is 16.1. The molecule has 150 valence electrons. The molecule has 0 bridgehead atoms. The lowest BCUT2D eigenvalue weighted by atomic mass is 9.77. The van der Waals surface area contributed by atoms with Crippen LogP contribution in [0, 0.1) is 5.92 Å². The zero-order valence-corrected chi connectivity index (χ0v) is 16.9. The van der Waals surface area contributed by atoms with Crippen molar-refractivity contribution in [3.63, 3.8) is 0 Å². The summed E-state index contributed by atoms with van der Waals surface area (Å²) in [5, 5.41) is 0. The number of hydrogen-bond donors (Lipinski definition) is 0. The highest BCUT2D eigenvalue weighted by atomic mass is 32.2. The normalized spacial score (nSPS) is 22.8. The Kier molecular flexibility index (Phi) is 5.46. The van der Waals surface area contributed by atoms with Crippen molar-refractivity contribution in [3.8, 4) is 0 Å². The van der Waals surface area contributed by atoms with Crippen LogP contribution in [0.2, 0.25) is 0 Å². The highest BCUT2D eigenvalue weighted by Gasteiger charge is 2.53. The molecule has 2 saturated heterocycles. The molecule has 0 N–H and O–H groups in total. The fourth-order valence-corrected chi connectivity index (χ4v) is 5.74. The van der Waals surface area contributed by atoms with Crippen LogP contribution in [0.1, 0.15) is 18.4 Å². The summed E-state index contributed by atoms with van der Waals surface area (Å²) >= 11 is 0. The molecule has 2 fully saturated rings. The Balaban J connectivity index is 1.34. The smallest absolute Gasteiger partial charge is 0.244 e. The van der Waals surface area contributed by atoms with Gasteiger partial charge in [-0.1, -0.05) is 6.07 Å². The van der Waals surface area contributed by atoms with E-state index in [9.17, 15) is 8.42 Å². The van der Waals surface area contributed by atoms with Crippen LogP contribution >= 0.6 is 0 Å². The Hall–Kier alpha value is -1.87. The number of likely N-dealkylation sites (N-methyl/N-ethyl adjacent to an activating group) is 1. The zero-order chi connectivity index (χ0) is 19.6. The van der Waals surface area contributed by atoms with Crippen LogP contribution in [0.25, 0.3) is 0 Å². The van der Waals surface area contributed by atoms with Gasteiger partial charge in [0.25, 0.3) is 0 Å².